The monoisotopic (exact) mass is 453 g/mol. The number of alkyl halides is 3. The van der Waals surface area contributed by atoms with Crippen molar-refractivity contribution in [2.45, 2.75) is 41.5 Å². The summed E-state index contributed by atoms with van der Waals surface area (Å²) in [5.74, 6) is 0.359. The Morgan fingerprint density at radius 1 is 1.13 bits per heavy atom. The summed E-state index contributed by atoms with van der Waals surface area (Å²) in [7, 11) is -3.91. The number of halogens is 3. The highest BCUT2D eigenvalue weighted by Crippen LogP contribution is 2.49. The van der Waals surface area contributed by atoms with Crippen molar-refractivity contribution in [3.05, 3.63) is 59.3 Å². The lowest BCUT2D eigenvalue weighted by atomic mass is 9.97. The van der Waals surface area contributed by atoms with E-state index in [0.29, 0.717) is 16.9 Å². The third-order valence-electron chi connectivity index (χ3n) is 4.95. The minimum Gasteiger partial charge on any atom is -0.232 e. The van der Waals surface area contributed by atoms with E-state index in [0.717, 1.165) is 10.5 Å². The van der Waals surface area contributed by atoms with Crippen molar-refractivity contribution in [1.29, 1.82) is 0 Å². The second-order valence-corrected chi connectivity index (χ2v) is 9.84. The molecule has 0 saturated carbocycles. The molecule has 0 atom stereocenters. The Bertz CT molecular complexity index is 1230. The Labute approximate surface area is 176 Å². The van der Waals surface area contributed by atoms with Gasteiger partial charge in [0.25, 0.3) is 0 Å². The molecule has 0 unspecified atom stereocenters. The Balaban J connectivity index is 1.98. The van der Waals surface area contributed by atoms with E-state index in [9.17, 15) is 21.6 Å². The summed E-state index contributed by atoms with van der Waals surface area (Å²) in [5.41, 5.74) is 1.64. The van der Waals surface area contributed by atoms with Crippen molar-refractivity contribution in [3.8, 4) is 16.9 Å². The number of aromatic nitrogens is 2. The van der Waals surface area contributed by atoms with Gasteiger partial charge < -0.3 is 0 Å². The highest BCUT2D eigenvalue weighted by Gasteiger charge is 2.41. The first-order valence-corrected chi connectivity index (χ1v) is 11.6. The van der Waals surface area contributed by atoms with E-state index < -0.39 is 21.9 Å². The molecule has 0 spiro atoms. The molecule has 2 heterocycles. The smallest absolute Gasteiger partial charge is 0.232 e. The van der Waals surface area contributed by atoms with Crippen LogP contribution < -0.4 is 5.14 Å². The van der Waals surface area contributed by atoms with Gasteiger partial charge >= 0.3 is 6.18 Å². The van der Waals surface area contributed by atoms with Crippen molar-refractivity contribution >= 4 is 21.8 Å². The molecule has 2 aromatic carbocycles. The molecule has 0 fully saturated rings. The van der Waals surface area contributed by atoms with Gasteiger partial charge in [0.1, 0.15) is 0 Å². The standard InChI is InChI=1S/C20H18F3N3O2S2/c1-11(2)14-4-3-5-15-17-16(10-29-18(14)15)19(20(21,22)23)25-26(17)12-6-8-13(9-7-12)30(24,27)28/h3-9,11H,10H2,1-2H3,(H2,24,27,28). The van der Waals surface area contributed by atoms with Gasteiger partial charge in [0.15, 0.2) is 5.69 Å². The van der Waals surface area contributed by atoms with Crippen LogP contribution in [0, 0.1) is 0 Å². The van der Waals surface area contributed by atoms with Crippen LogP contribution >= 0.6 is 11.8 Å². The van der Waals surface area contributed by atoms with Crippen molar-refractivity contribution in [2.75, 3.05) is 0 Å². The van der Waals surface area contributed by atoms with E-state index in [1.54, 1.807) is 6.07 Å². The fourth-order valence-corrected chi connectivity index (χ4v) is 5.42. The van der Waals surface area contributed by atoms with Crippen LogP contribution in [-0.2, 0) is 22.0 Å². The summed E-state index contributed by atoms with van der Waals surface area (Å²) in [6.07, 6.45) is -4.61. The van der Waals surface area contributed by atoms with Crippen molar-refractivity contribution in [2.24, 2.45) is 5.14 Å². The van der Waals surface area contributed by atoms with Gasteiger partial charge in [-0.15, -0.1) is 11.8 Å². The summed E-state index contributed by atoms with van der Waals surface area (Å²) in [6.45, 7) is 4.08. The Morgan fingerprint density at radius 3 is 2.37 bits per heavy atom. The molecule has 2 N–H and O–H groups in total. The summed E-state index contributed by atoms with van der Waals surface area (Å²) in [6, 6.07) is 10.9. The zero-order valence-electron chi connectivity index (χ0n) is 16.1. The number of nitrogens with zero attached hydrogens (tertiary/aromatic N) is 2. The van der Waals surface area contributed by atoms with Crippen LogP contribution in [0.15, 0.2) is 52.3 Å². The van der Waals surface area contributed by atoms with E-state index in [1.807, 2.05) is 26.0 Å². The number of rotatable bonds is 3. The Kier molecular flexibility index (Phi) is 4.99. The van der Waals surface area contributed by atoms with Gasteiger partial charge in [0.2, 0.25) is 10.0 Å². The Morgan fingerprint density at radius 2 is 1.80 bits per heavy atom. The molecule has 1 aliphatic heterocycles. The van der Waals surface area contributed by atoms with E-state index in [-0.39, 0.29) is 22.1 Å². The fourth-order valence-electron chi connectivity index (χ4n) is 3.56. The lowest BCUT2D eigenvalue weighted by Crippen LogP contribution is -2.12. The first-order chi connectivity index (χ1) is 14.0. The number of hydrogen-bond acceptors (Lipinski definition) is 4. The maximum atomic E-state index is 13.7. The number of thioether (sulfide) groups is 1. The number of benzene rings is 2. The SMILES string of the molecule is CC(C)c1cccc2c1SCc1c(C(F)(F)F)nn(-c3ccc(S(N)(=O)=O)cc3)c1-2. The van der Waals surface area contributed by atoms with E-state index in [2.05, 4.69) is 5.10 Å². The predicted molar refractivity (Wildman–Crippen MR) is 109 cm³/mol. The average Bonchev–Trinajstić information content (AvgIpc) is 3.07. The van der Waals surface area contributed by atoms with Gasteiger partial charge in [-0.3, -0.25) is 0 Å². The molecule has 3 aromatic rings. The molecule has 4 rings (SSSR count). The molecule has 158 valence electrons. The maximum Gasteiger partial charge on any atom is 0.435 e. The molecule has 30 heavy (non-hydrogen) atoms. The summed E-state index contributed by atoms with van der Waals surface area (Å²) < 4.78 is 65.5. The summed E-state index contributed by atoms with van der Waals surface area (Å²) in [5, 5.41) is 9.02. The van der Waals surface area contributed by atoms with Crippen molar-refractivity contribution in [1.82, 2.24) is 9.78 Å². The molecule has 10 heteroatoms. The zero-order chi connectivity index (χ0) is 21.8. The summed E-state index contributed by atoms with van der Waals surface area (Å²) >= 11 is 1.38. The van der Waals surface area contributed by atoms with Gasteiger partial charge in [-0.1, -0.05) is 32.0 Å². The zero-order valence-corrected chi connectivity index (χ0v) is 17.7. The molecule has 0 amide bonds. The fraction of sp³-hybridized carbons (Fsp3) is 0.250. The van der Waals surface area contributed by atoms with Crippen LogP contribution in [0.2, 0.25) is 0 Å². The van der Waals surface area contributed by atoms with Gasteiger partial charge in [-0.25, -0.2) is 18.2 Å². The minimum absolute atomic E-state index is 0.122. The molecule has 1 aliphatic rings. The van der Waals surface area contributed by atoms with E-state index in [1.165, 1.54) is 40.7 Å². The number of sulfonamides is 1. The van der Waals surface area contributed by atoms with Gasteiger partial charge in [-0.2, -0.15) is 18.3 Å². The Hall–Kier alpha value is -2.30. The molecule has 0 radical (unpaired) electrons. The van der Waals surface area contributed by atoms with Crippen LogP contribution in [0.1, 0.15) is 36.6 Å². The first-order valence-electron chi connectivity index (χ1n) is 9.07. The van der Waals surface area contributed by atoms with Gasteiger partial charge in [0, 0.05) is 21.8 Å². The third-order valence-corrected chi connectivity index (χ3v) is 7.05. The third kappa shape index (κ3) is 3.52. The molecule has 0 bridgehead atoms. The maximum absolute atomic E-state index is 13.7. The second kappa shape index (κ2) is 7.14. The van der Waals surface area contributed by atoms with Crippen molar-refractivity contribution < 1.29 is 21.6 Å². The highest BCUT2D eigenvalue weighted by atomic mass is 32.2. The number of nitrogens with two attached hydrogens (primary N) is 1. The van der Waals surface area contributed by atoms with Crippen LogP contribution in [0.4, 0.5) is 13.2 Å². The molecule has 0 saturated heterocycles. The topological polar surface area (TPSA) is 78.0 Å². The normalized spacial score (nSPS) is 14.0. The van der Waals surface area contributed by atoms with E-state index >= 15 is 0 Å². The number of fused-ring (bicyclic) bond motifs is 3. The minimum atomic E-state index is -4.61. The molecule has 0 aliphatic carbocycles. The molecule has 5 nitrogen and oxygen atoms in total. The van der Waals surface area contributed by atoms with Crippen LogP contribution in [0.25, 0.3) is 16.9 Å². The van der Waals surface area contributed by atoms with Crippen LogP contribution in [0.3, 0.4) is 0 Å². The van der Waals surface area contributed by atoms with E-state index in [4.69, 9.17) is 5.14 Å². The summed E-state index contributed by atoms with van der Waals surface area (Å²) in [4.78, 5) is 0.817. The quantitative estimate of drug-likeness (QED) is 0.610. The lowest BCUT2D eigenvalue weighted by molar-refractivity contribution is -0.141. The van der Waals surface area contributed by atoms with Crippen LogP contribution in [0.5, 0.6) is 0 Å². The van der Waals surface area contributed by atoms with Crippen LogP contribution in [-0.4, -0.2) is 18.2 Å². The number of hydrogen-bond donors (Lipinski definition) is 1. The largest absolute Gasteiger partial charge is 0.435 e. The second-order valence-electron chi connectivity index (χ2n) is 7.29. The molecule has 1 aromatic heterocycles. The van der Waals surface area contributed by atoms with Gasteiger partial charge in [0.05, 0.1) is 16.3 Å². The first kappa shape index (κ1) is 21.0. The highest BCUT2D eigenvalue weighted by molar-refractivity contribution is 7.98. The molecular weight excluding hydrogens is 435 g/mol. The average molecular weight is 454 g/mol. The molecular formula is C20H18F3N3O2S2. The van der Waals surface area contributed by atoms with Gasteiger partial charge in [-0.05, 0) is 35.7 Å². The number of primary sulfonamides is 1. The predicted octanol–water partition coefficient (Wildman–Crippen LogP) is 4.93. The van der Waals surface area contributed by atoms with Crippen molar-refractivity contribution in [3.63, 3.8) is 0 Å². The lowest BCUT2D eigenvalue weighted by Gasteiger charge is -2.23.